The van der Waals surface area contributed by atoms with Crippen molar-refractivity contribution in [3.63, 3.8) is 0 Å². The zero-order valence-electron chi connectivity index (χ0n) is 11.4. The molecule has 104 valence electrons. The molecule has 0 heterocycles. The number of rotatable bonds is 7. The van der Waals surface area contributed by atoms with E-state index in [1.54, 1.807) is 6.07 Å². The van der Waals surface area contributed by atoms with E-state index in [2.05, 4.69) is 28.9 Å². The Balaban J connectivity index is 3.28. The Hall–Kier alpha value is -0.720. The molecule has 1 rings (SSSR count). The highest BCUT2D eigenvalue weighted by molar-refractivity contribution is 9.09. The topological polar surface area (TPSA) is 33.0 Å². The lowest BCUT2D eigenvalue weighted by Gasteiger charge is -2.27. The molecule has 0 bridgehead atoms. The number of halogens is 2. The van der Waals surface area contributed by atoms with Crippen molar-refractivity contribution >= 4 is 27.5 Å². The van der Waals surface area contributed by atoms with E-state index < -0.39 is 5.41 Å². The van der Waals surface area contributed by atoms with Crippen molar-refractivity contribution in [2.24, 2.45) is 0 Å². The summed E-state index contributed by atoms with van der Waals surface area (Å²) in [7, 11) is 0. The maximum Gasteiger partial charge on any atom is 0.124 e. The van der Waals surface area contributed by atoms with Gasteiger partial charge in [-0.05, 0) is 31.5 Å². The third-order valence-electron chi connectivity index (χ3n) is 3.16. The average molecular weight is 345 g/mol. The third-order valence-corrected chi connectivity index (χ3v) is 4.35. The normalized spacial score (nSPS) is 13.6. The number of nitriles is 1. The Morgan fingerprint density at radius 3 is 2.68 bits per heavy atom. The van der Waals surface area contributed by atoms with E-state index >= 15 is 0 Å². The summed E-state index contributed by atoms with van der Waals surface area (Å²) in [5.41, 5.74) is 0.306. The summed E-state index contributed by atoms with van der Waals surface area (Å²) in [6.07, 6.45) is 2.85. The molecule has 0 aromatic heterocycles. The monoisotopic (exact) mass is 343 g/mol. The molecule has 0 N–H and O–H groups in total. The Labute approximate surface area is 128 Å². The summed E-state index contributed by atoms with van der Waals surface area (Å²) in [5.74, 6) is 0.754. The summed E-state index contributed by atoms with van der Waals surface area (Å²) in [6, 6.07) is 7.96. The predicted molar refractivity (Wildman–Crippen MR) is 83.2 cm³/mol. The molecule has 0 aliphatic rings. The van der Waals surface area contributed by atoms with E-state index in [4.69, 9.17) is 16.3 Å². The molecule has 1 atom stereocenters. The third kappa shape index (κ3) is 3.87. The van der Waals surface area contributed by atoms with Crippen molar-refractivity contribution in [1.82, 2.24) is 0 Å². The molecule has 0 radical (unpaired) electrons. The molecule has 0 aliphatic heterocycles. The van der Waals surface area contributed by atoms with Gasteiger partial charge in [0.25, 0.3) is 0 Å². The summed E-state index contributed by atoms with van der Waals surface area (Å²) in [6.45, 7) is 4.64. The lowest BCUT2D eigenvalue weighted by molar-refractivity contribution is 0.330. The highest BCUT2D eigenvalue weighted by atomic mass is 79.9. The molecule has 0 spiro atoms. The van der Waals surface area contributed by atoms with Crippen molar-refractivity contribution in [2.75, 3.05) is 11.9 Å². The van der Waals surface area contributed by atoms with E-state index in [0.29, 0.717) is 17.0 Å². The van der Waals surface area contributed by atoms with Gasteiger partial charge in [0.2, 0.25) is 0 Å². The first kappa shape index (κ1) is 16.3. The summed E-state index contributed by atoms with van der Waals surface area (Å²) >= 11 is 9.58. The van der Waals surface area contributed by atoms with Crippen molar-refractivity contribution < 1.29 is 4.74 Å². The predicted octanol–water partition coefficient (Wildman–Crippen LogP) is 5.09. The van der Waals surface area contributed by atoms with Crippen LogP contribution in [0.2, 0.25) is 5.02 Å². The van der Waals surface area contributed by atoms with Gasteiger partial charge in [0.05, 0.1) is 18.1 Å². The van der Waals surface area contributed by atoms with Gasteiger partial charge in [-0.3, -0.25) is 0 Å². The highest BCUT2D eigenvalue weighted by Gasteiger charge is 2.33. The van der Waals surface area contributed by atoms with E-state index in [1.807, 2.05) is 19.1 Å². The summed E-state index contributed by atoms with van der Waals surface area (Å²) < 4.78 is 5.65. The fraction of sp³-hybridized carbons (Fsp3) is 0.533. The fourth-order valence-electron chi connectivity index (χ4n) is 2.06. The first-order chi connectivity index (χ1) is 9.13. The lowest BCUT2D eigenvalue weighted by atomic mass is 9.79. The molecular weight excluding hydrogens is 326 g/mol. The SMILES string of the molecule is CCCCC(C#N)(CBr)c1cc(Cl)ccc1OCC. The van der Waals surface area contributed by atoms with Gasteiger partial charge >= 0.3 is 0 Å². The number of ether oxygens (including phenoxy) is 1. The summed E-state index contributed by atoms with van der Waals surface area (Å²) in [4.78, 5) is 0. The number of nitrogens with zero attached hydrogens (tertiary/aromatic N) is 1. The second-order valence-electron chi connectivity index (χ2n) is 4.50. The van der Waals surface area contributed by atoms with Crippen molar-refractivity contribution in [2.45, 2.75) is 38.5 Å². The molecule has 0 saturated heterocycles. The van der Waals surface area contributed by atoms with Crippen LogP contribution in [0.4, 0.5) is 0 Å². The van der Waals surface area contributed by atoms with Crippen molar-refractivity contribution in [1.29, 1.82) is 5.26 Å². The Morgan fingerprint density at radius 1 is 1.42 bits per heavy atom. The number of benzene rings is 1. The van der Waals surface area contributed by atoms with Crippen LogP contribution in [-0.4, -0.2) is 11.9 Å². The van der Waals surface area contributed by atoms with Gasteiger partial charge in [-0.1, -0.05) is 47.3 Å². The zero-order valence-corrected chi connectivity index (χ0v) is 13.7. The molecule has 0 amide bonds. The standard InChI is InChI=1S/C15H19BrClNO/c1-3-5-8-15(10-16,11-18)13-9-12(17)6-7-14(13)19-4-2/h6-7,9H,3-5,8,10H2,1-2H3. The van der Waals surface area contributed by atoms with Crippen LogP contribution in [0.25, 0.3) is 0 Å². The van der Waals surface area contributed by atoms with Crippen LogP contribution in [0.1, 0.15) is 38.7 Å². The maximum atomic E-state index is 9.66. The number of alkyl halides is 1. The van der Waals surface area contributed by atoms with Gasteiger partial charge in [-0.2, -0.15) is 5.26 Å². The molecule has 1 unspecified atom stereocenters. The lowest BCUT2D eigenvalue weighted by Crippen LogP contribution is -2.27. The van der Waals surface area contributed by atoms with Crippen LogP contribution in [0.5, 0.6) is 5.75 Å². The second-order valence-corrected chi connectivity index (χ2v) is 5.50. The van der Waals surface area contributed by atoms with E-state index in [9.17, 15) is 5.26 Å². The van der Waals surface area contributed by atoms with Crippen LogP contribution in [0.15, 0.2) is 18.2 Å². The van der Waals surface area contributed by atoms with Crippen LogP contribution in [0, 0.1) is 11.3 Å². The van der Waals surface area contributed by atoms with Gasteiger partial charge in [0.15, 0.2) is 0 Å². The van der Waals surface area contributed by atoms with Crippen LogP contribution >= 0.6 is 27.5 Å². The molecule has 2 nitrogen and oxygen atoms in total. The minimum absolute atomic E-state index is 0.576. The van der Waals surface area contributed by atoms with Crippen molar-refractivity contribution in [3.8, 4) is 11.8 Å². The van der Waals surface area contributed by atoms with Crippen LogP contribution in [0.3, 0.4) is 0 Å². The zero-order chi connectivity index (χ0) is 14.3. The molecule has 1 aromatic rings. The fourth-order valence-corrected chi connectivity index (χ4v) is 2.94. The molecule has 0 fully saturated rings. The molecule has 19 heavy (non-hydrogen) atoms. The molecule has 4 heteroatoms. The van der Waals surface area contributed by atoms with Gasteiger partial charge in [-0.15, -0.1) is 0 Å². The van der Waals surface area contributed by atoms with Gasteiger partial charge in [-0.25, -0.2) is 0 Å². The minimum atomic E-state index is -0.578. The molecule has 0 aliphatic carbocycles. The quantitative estimate of drug-likeness (QED) is 0.646. The Morgan fingerprint density at radius 2 is 2.16 bits per heavy atom. The number of hydrogen-bond donors (Lipinski definition) is 0. The summed E-state index contributed by atoms with van der Waals surface area (Å²) in [5, 5.41) is 10.9. The van der Waals surface area contributed by atoms with Crippen LogP contribution < -0.4 is 4.74 Å². The van der Waals surface area contributed by atoms with Gasteiger partial charge < -0.3 is 4.74 Å². The number of hydrogen-bond acceptors (Lipinski definition) is 2. The minimum Gasteiger partial charge on any atom is -0.494 e. The smallest absolute Gasteiger partial charge is 0.124 e. The second kappa shape index (κ2) is 7.77. The molecule has 0 saturated carbocycles. The largest absolute Gasteiger partial charge is 0.494 e. The van der Waals surface area contributed by atoms with E-state index in [0.717, 1.165) is 30.6 Å². The Bertz CT molecular complexity index is 458. The maximum absolute atomic E-state index is 9.66. The van der Waals surface area contributed by atoms with E-state index in [-0.39, 0.29) is 0 Å². The molecular formula is C15H19BrClNO. The number of unbranched alkanes of at least 4 members (excludes halogenated alkanes) is 1. The van der Waals surface area contributed by atoms with Gasteiger partial charge in [0.1, 0.15) is 5.75 Å². The Kier molecular flexibility index (Phi) is 6.68. The average Bonchev–Trinajstić information content (AvgIpc) is 2.43. The van der Waals surface area contributed by atoms with Gasteiger partial charge in [0, 0.05) is 15.9 Å². The van der Waals surface area contributed by atoms with Crippen LogP contribution in [-0.2, 0) is 5.41 Å². The first-order valence-corrected chi connectivity index (χ1v) is 8.03. The highest BCUT2D eigenvalue weighted by Crippen LogP contribution is 2.39. The van der Waals surface area contributed by atoms with E-state index in [1.165, 1.54) is 0 Å². The van der Waals surface area contributed by atoms with Crippen molar-refractivity contribution in [3.05, 3.63) is 28.8 Å². The molecule has 1 aromatic carbocycles. The first-order valence-electron chi connectivity index (χ1n) is 6.53.